The van der Waals surface area contributed by atoms with Crippen LogP contribution in [0.3, 0.4) is 0 Å². The lowest BCUT2D eigenvalue weighted by molar-refractivity contribution is -0.131. The van der Waals surface area contributed by atoms with E-state index >= 15 is 0 Å². The average molecular weight is 395 g/mol. The van der Waals surface area contributed by atoms with E-state index in [-0.39, 0.29) is 5.91 Å². The first-order valence-electron chi connectivity index (χ1n) is 11.4. The van der Waals surface area contributed by atoms with Crippen molar-refractivity contribution in [2.24, 2.45) is 5.92 Å². The quantitative estimate of drug-likeness (QED) is 0.765. The highest BCUT2D eigenvalue weighted by Crippen LogP contribution is 2.28. The highest BCUT2D eigenvalue weighted by molar-refractivity contribution is 5.79. The van der Waals surface area contributed by atoms with Gasteiger partial charge in [0, 0.05) is 32.0 Å². The molecule has 1 atom stereocenters. The van der Waals surface area contributed by atoms with Crippen LogP contribution in [0.5, 0.6) is 0 Å². The number of aromatic nitrogens is 3. The number of hydrogen-bond donors (Lipinski definition) is 0. The van der Waals surface area contributed by atoms with Crippen molar-refractivity contribution < 1.29 is 4.79 Å². The van der Waals surface area contributed by atoms with Gasteiger partial charge in [-0.25, -0.2) is 0 Å². The smallest absolute Gasteiger partial charge is 0.227 e. The van der Waals surface area contributed by atoms with Crippen LogP contribution in [-0.2, 0) is 30.6 Å². The first-order chi connectivity index (χ1) is 14.1. The lowest BCUT2D eigenvalue weighted by Gasteiger charge is -2.32. The second kappa shape index (κ2) is 9.10. The van der Waals surface area contributed by atoms with Gasteiger partial charge in [0.1, 0.15) is 11.6 Å². The number of carbonyl (C=O) groups excluding carboxylic acids is 1. The summed E-state index contributed by atoms with van der Waals surface area (Å²) in [5.41, 5.74) is 2.46. The largest absolute Gasteiger partial charge is 0.342 e. The molecule has 0 bridgehead atoms. The zero-order valence-corrected chi connectivity index (χ0v) is 17.9. The van der Waals surface area contributed by atoms with Crippen molar-refractivity contribution in [1.29, 1.82) is 0 Å². The van der Waals surface area contributed by atoms with Crippen LogP contribution >= 0.6 is 0 Å². The first kappa shape index (κ1) is 20.1. The Hall–Kier alpha value is -2.17. The first-order valence-corrected chi connectivity index (χ1v) is 11.4. The van der Waals surface area contributed by atoms with E-state index < -0.39 is 0 Å². The molecule has 1 saturated heterocycles. The van der Waals surface area contributed by atoms with Crippen LogP contribution in [0.15, 0.2) is 24.3 Å². The molecule has 0 saturated carbocycles. The van der Waals surface area contributed by atoms with Crippen molar-refractivity contribution in [2.45, 2.75) is 77.7 Å². The van der Waals surface area contributed by atoms with Crippen molar-refractivity contribution >= 4 is 5.91 Å². The second-order valence-corrected chi connectivity index (χ2v) is 9.21. The lowest BCUT2D eigenvalue weighted by Crippen LogP contribution is -2.40. The number of hydrogen-bond acceptors (Lipinski definition) is 3. The molecule has 5 heteroatoms. The Morgan fingerprint density at radius 3 is 2.62 bits per heavy atom. The number of nitrogens with zero attached hydrogens (tertiary/aromatic N) is 4. The van der Waals surface area contributed by atoms with Gasteiger partial charge in [0.2, 0.25) is 5.91 Å². The number of aryl methyl sites for hydroxylation is 1. The standard InChI is InChI=1S/C24H34N4O/c1-18(2)15-19-9-11-20(12-10-19)16-23(29)27-13-6-7-21(17-27)24-26-25-22-8-4-3-5-14-28(22)24/h9-12,18,21H,3-8,13-17H2,1-2H3. The van der Waals surface area contributed by atoms with Gasteiger partial charge in [-0.3, -0.25) is 4.79 Å². The molecule has 1 fully saturated rings. The molecule has 1 amide bonds. The van der Waals surface area contributed by atoms with Crippen LogP contribution in [0.25, 0.3) is 0 Å². The molecule has 1 unspecified atom stereocenters. The number of amides is 1. The number of benzene rings is 1. The summed E-state index contributed by atoms with van der Waals surface area (Å²) in [4.78, 5) is 15.0. The summed E-state index contributed by atoms with van der Waals surface area (Å²) >= 11 is 0. The molecule has 5 nitrogen and oxygen atoms in total. The van der Waals surface area contributed by atoms with Gasteiger partial charge in [0.05, 0.1) is 6.42 Å². The van der Waals surface area contributed by atoms with Crippen molar-refractivity contribution in [3.05, 3.63) is 47.0 Å². The molecular weight excluding hydrogens is 360 g/mol. The predicted molar refractivity (Wildman–Crippen MR) is 115 cm³/mol. The third-order valence-electron chi connectivity index (χ3n) is 6.30. The van der Waals surface area contributed by atoms with Gasteiger partial charge in [-0.1, -0.05) is 44.5 Å². The Bertz CT molecular complexity index is 824. The van der Waals surface area contributed by atoms with Crippen LogP contribution < -0.4 is 0 Å². The van der Waals surface area contributed by atoms with Gasteiger partial charge >= 0.3 is 0 Å². The maximum atomic E-state index is 13.0. The molecule has 2 aliphatic rings. The van der Waals surface area contributed by atoms with E-state index in [0.717, 1.165) is 62.5 Å². The lowest BCUT2D eigenvalue weighted by atomic mass is 9.96. The maximum absolute atomic E-state index is 13.0. The summed E-state index contributed by atoms with van der Waals surface area (Å²) in [7, 11) is 0. The summed E-state index contributed by atoms with van der Waals surface area (Å²) in [6.45, 7) is 7.14. The predicted octanol–water partition coefficient (Wildman–Crippen LogP) is 4.15. The Balaban J connectivity index is 1.39. The summed E-state index contributed by atoms with van der Waals surface area (Å²) in [6.07, 6.45) is 8.46. The fourth-order valence-electron chi connectivity index (χ4n) is 4.77. The molecule has 156 valence electrons. The van der Waals surface area contributed by atoms with Crippen LogP contribution in [0.1, 0.15) is 74.6 Å². The van der Waals surface area contributed by atoms with Gasteiger partial charge in [-0.2, -0.15) is 0 Å². The fourth-order valence-corrected chi connectivity index (χ4v) is 4.77. The summed E-state index contributed by atoms with van der Waals surface area (Å²) in [5, 5.41) is 9.02. The Morgan fingerprint density at radius 1 is 1.03 bits per heavy atom. The number of likely N-dealkylation sites (tertiary alicyclic amines) is 1. The average Bonchev–Trinajstić information content (AvgIpc) is 2.97. The summed E-state index contributed by atoms with van der Waals surface area (Å²) in [6, 6.07) is 8.59. The molecule has 0 N–H and O–H groups in total. The molecule has 2 aliphatic heterocycles. The molecule has 29 heavy (non-hydrogen) atoms. The third kappa shape index (κ3) is 4.88. The summed E-state index contributed by atoms with van der Waals surface area (Å²) < 4.78 is 2.35. The third-order valence-corrected chi connectivity index (χ3v) is 6.30. The monoisotopic (exact) mass is 394 g/mol. The normalized spacial score (nSPS) is 19.8. The summed E-state index contributed by atoms with van der Waals surface area (Å²) in [5.74, 6) is 3.46. The Morgan fingerprint density at radius 2 is 1.83 bits per heavy atom. The molecule has 0 aliphatic carbocycles. The molecule has 3 heterocycles. The molecule has 1 aromatic heterocycles. The van der Waals surface area contributed by atoms with Crippen LogP contribution in [0, 0.1) is 5.92 Å². The van der Waals surface area contributed by atoms with E-state index in [1.807, 2.05) is 0 Å². The minimum atomic E-state index is 0.238. The molecular formula is C24H34N4O. The van der Waals surface area contributed by atoms with Crippen LogP contribution in [0.4, 0.5) is 0 Å². The van der Waals surface area contributed by atoms with Crippen molar-refractivity contribution in [1.82, 2.24) is 19.7 Å². The van der Waals surface area contributed by atoms with E-state index in [1.165, 1.54) is 24.8 Å². The number of rotatable bonds is 5. The molecule has 2 aromatic rings. The molecule has 4 rings (SSSR count). The van der Waals surface area contributed by atoms with Gasteiger partial charge in [-0.15, -0.1) is 10.2 Å². The minimum absolute atomic E-state index is 0.238. The molecule has 1 aromatic carbocycles. The second-order valence-electron chi connectivity index (χ2n) is 9.21. The van der Waals surface area contributed by atoms with Crippen molar-refractivity contribution in [3.63, 3.8) is 0 Å². The van der Waals surface area contributed by atoms with Gasteiger partial charge in [0.25, 0.3) is 0 Å². The van der Waals surface area contributed by atoms with Crippen molar-refractivity contribution in [3.8, 4) is 0 Å². The molecule has 0 spiro atoms. The van der Waals surface area contributed by atoms with E-state index in [4.69, 9.17) is 0 Å². The van der Waals surface area contributed by atoms with E-state index in [0.29, 0.717) is 18.3 Å². The zero-order chi connectivity index (χ0) is 20.2. The van der Waals surface area contributed by atoms with Crippen molar-refractivity contribution in [2.75, 3.05) is 13.1 Å². The van der Waals surface area contributed by atoms with E-state index in [9.17, 15) is 4.79 Å². The van der Waals surface area contributed by atoms with Gasteiger partial charge in [-0.05, 0) is 49.1 Å². The fraction of sp³-hybridized carbons (Fsp3) is 0.625. The number of carbonyl (C=O) groups is 1. The minimum Gasteiger partial charge on any atom is -0.342 e. The highest BCUT2D eigenvalue weighted by atomic mass is 16.2. The van der Waals surface area contributed by atoms with E-state index in [1.54, 1.807) is 0 Å². The topological polar surface area (TPSA) is 51.0 Å². The van der Waals surface area contributed by atoms with Gasteiger partial charge < -0.3 is 9.47 Å². The van der Waals surface area contributed by atoms with E-state index in [2.05, 4.69) is 57.8 Å². The Kier molecular flexibility index (Phi) is 6.31. The van der Waals surface area contributed by atoms with Crippen LogP contribution in [0.2, 0.25) is 0 Å². The van der Waals surface area contributed by atoms with Crippen LogP contribution in [-0.4, -0.2) is 38.7 Å². The van der Waals surface area contributed by atoms with Gasteiger partial charge in [0.15, 0.2) is 0 Å². The molecule has 0 radical (unpaired) electrons. The zero-order valence-electron chi connectivity index (χ0n) is 17.9. The number of piperidine rings is 1. The number of fused-ring (bicyclic) bond motifs is 1. The Labute approximate surface area is 174 Å². The SMILES string of the molecule is CC(C)Cc1ccc(CC(=O)N2CCCC(c3nnc4n3CCCCC4)C2)cc1. The highest BCUT2D eigenvalue weighted by Gasteiger charge is 2.29. The maximum Gasteiger partial charge on any atom is 0.227 e.